The van der Waals surface area contributed by atoms with E-state index in [1.807, 2.05) is 0 Å². The van der Waals surface area contributed by atoms with E-state index in [-0.39, 0.29) is 29.7 Å². The summed E-state index contributed by atoms with van der Waals surface area (Å²) < 4.78 is 4.38. The molecule has 0 saturated heterocycles. The van der Waals surface area contributed by atoms with E-state index >= 15 is 0 Å². The summed E-state index contributed by atoms with van der Waals surface area (Å²) in [4.78, 5) is 20.0. The van der Waals surface area contributed by atoms with Crippen LogP contribution in [0.4, 0.5) is 0 Å². The van der Waals surface area contributed by atoms with Gasteiger partial charge in [0, 0.05) is 6.08 Å². The second-order valence-corrected chi connectivity index (χ2v) is 1.40. The van der Waals surface area contributed by atoms with Crippen LogP contribution in [0.15, 0.2) is 12.2 Å². The van der Waals surface area contributed by atoms with Crippen molar-refractivity contribution in [1.29, 1.82) is 0 Å². The van der Waals surface area contributed by atoms with Gasteiger partial charge in [-0.2, -0.15) is 0 Å². The van der Waals surface area contributed by atoms with Gasteiger partial charge in [-0.1, -0.05) is 0 Å². The van der Waals surface area contributed by atoms with Crippen LogP contribution in [0.1, 0.15) is 6.92 Å². The van der Waals surface area contributed by atoms with Gasteiger partial charge in [-0.25, -0.2) is 4.79 Å². The third-order valence-electron chi connectivity index (χ3n) is 0.642. The second kappa shape index (κ2) is 7.55. The molecule has 0 unspecified atom stereocenters. The first-order valence-corrected chi connectivity index (χ1v) is 2.72. The molecule has 0 fully saturated rings. The van der Waals surface area contributed by atoms with Crippen LogP contribution in [-0.4, -0.2) is 41.6 Å². The van der Waals surface area contributed by atoms with E-state index in [9.17, 15) is 14.7 Å². The van der Waals surface area contributed by atoms with Gasteiger partial charge in [0.2, 0.25) is 0 Å². The molecule has 0 heterocycles. The molecule has 0 aliphatic heterocycles. The van der Waals surface area contributed by atoms with E-state index < -0.39 is 11.9 Å². The van der Waals surface area contributed by atoms with Crippen LogP contribution in [0.5, 0.6) is 0 Å². The van der Waals surface area contributed by atoms with Crippen molar-refractivity contribution < 1.29 is 19.4 Å². The zero-order valence-corrected chi connectivity index (χ0v) is 7.62. The fourth-order valence-corrected chi connectivity index (χ4v) is 0.326. The van der Waals surface area contributed by atoms with Crippen molar-refractivity contribution in [2.24, 2.45) is 0 Å². The van der Waals surface area contributed by atoms with Gasteiger partial charge in [-0.15, -0.1) is 0 Å². The molecular weight excluding hydrogens is 160 g/mol. The Morgan fingerprint density at radius 1 is 1.45 bits per heavy atom. The summed E-state index contributed by atoms with van der Waals surface area (Å²) in [6.07, 6.45) is 1.43. The zero-order chi connectivity index (χ0) is 7.98. The van der Waals surface area contributed by atoms with Crippen molar-refractivity contribution in [2.75, 3.05) is 6.61 Å². The van der Waals surface area contributed by atoms with Crippen molar-refractivity contribution in [2.45, 2.75) is 6.92 Å². The van der Waals surface area contributed by atoms with Gasteiger partial charge in [-0.3, -0.25) is 0 Å². The number of rotatable bonds is 3. The summed E-state index contributed by atoms with van der Waals surface area (Å²) in [6.45, 7) is 1.86. The van der Waals surface area contributed by atoms with Crippen LogP contribution in [-0.2, 0) is 14.3 Å². The number of aliphatic carboxylic acids is 1. The van der Waals surface area contributed by atoms with Gasteiger partial charge >= 0.3 is 29.0 Å². The average molecular weight is 167 g/mol. The Hall–Kier alpha value is -0.554. The van der Waals surface area contributed by atoms with E-state index in [2.05, 4.69) is 4.74 Å². The Balaban J connectivity index is 0. The predicted octanol–water partition coefficient (Wildman–Crippen LogP) is -1.53. The number of ether oxygens (including phenoxy) is 1. The molecule has 1 radical (unpaired) electrons. The predicted molar refractivity (Wildman–Crippen MR) is 36.5 cm³/mol. The third kappa shape index (κ3) is 9.45. The van der Waals surface area contributed by atoms with E-state index in [0.717, 1.165) is 6.08 Å². The van der Waals surface area contributed by atoms with Crippen molar-refractivity contribution >= 4 is 35.0 Å². The third-order valence-corrected chi connectivity index (χ3v) is 0.642. The quantitative estimate of drug-likeness (QED) is 0.291. The van der Waals surface area contributed by atoms with Gasteiger partial charge in [0.15, 0.2) is 0 Å². The smallest absolute Gasteiger partial charge is 0.545 e. The number of carboxylic acids is 1. The molecule has 5 heteroatoms. The minimum absolute atomic E-state index is 0. The van der Waals surface area contributed by atoms with Crippen molar-refractivity contribution in [1.82, 2.24) is 0 Å². The molecular formula is C6H7MgO4. The summed E-state index contributed by atoms with van der Waals surface area (Å²) in [5.41, 5.74) is 0. The molecule has 0 spiro atoms. The number of carboxylic acid groups (broad SMARTS) is 1. The van der Waals surface area contributed by atoms with Crippen LogP contribution in [0.25, 0.3) is 0 Å². The molecule has 0 aliphatic rings. The standard InChI is InChI=1S/C6H8O4.Mg/c1-2-10-6(9)4-3-5(7)8;/h3-4H,2H2,1H3,(H,7,8);/q;+1/p-1/b4-3+;. The fourth-order valence-electron chi connectivity index (χ4n) is 0.326. The number of carbonyl (C=O) groups excluding carboxylic acids is 2. The maximum absolute atomic E-state index is 10.3. The first-order valence-electron chi connectivity index (χ1n) is 2.72. The first kappa shape index (κ1) is 13.1. The number of esters is 1. The molecule has 0 amide bonds. The molecule has 0 saturated carbocycles. The molecule has 0 aromatic heterocycles. The molecule has 0 N–H and O–H groups in total. The van der Waals surface area contributed by atoms with E-state index in [1.165, 1.54) is 0 Å². The largest absolute Gasteiger partial charge is 1.00 e. The van der Waals surface area contributed by atoms with Crippen LogP contribution >= 0.6 is 0 Å². The van der Waals surface area contributed by atoms with Crippen LogP contribution in [0.3, 0.4) is 0 Å². The maximum atomic E-state index is 10.3. The Bertz CT molecular complexity index is 164. The Morgan fingerprint density at radius 2 is 2.00 bits per heavy atom. The summed E-state index contributed by atoms with van der Waals surface area (Å²) in [5.74, 6) is -2.08. The summed E-state index contributed by atoms with van der Waals surface area (Å²) >= 11 is 0. The van der Waals surface area contributed by atoms with E-state index in [0.29, 0.717) is 6.08 Å². The Kier molecular flexibility index (Phi) is 8.97. The maximum Gasteiger partial charge on any atom is 1.00 e. The fraction of sp³-hybridized carbons (Fsp3) is 0.333. The van der Waals surface area contributed by atoms with Gasteiger partial charge < -0.3 is 14.6 Å². The number of hydrogen-bond donors (Lipinski definition) is 0. The summed E-state index contributed by atoms with van der Waals surface area (Å²) in [6, 6.07) is 0. The molecule has 0 aliphatic carbocycles. The molecule has 57 valence electrons. The van der Waals surface area contributed by atoms with Crippen molar-refractivity contribution in [3.05, 3.63) is 12.2 Å². The van der Waals surface area contributed by atoms with Crippen molar-refractivity contribution in [3.63, 3.8) is 0 Å². The Morgan fingerprint density at radius 3 is 2.36 bits per heavy atom. The molecule has 0 aromatic rings. The molecule has 11 heavy (non-hydrogen) atoms. The SMILES string of the molecule is CCOC(=O)/C=C/C(=O)[O-].[Mg+]. The number of carbonyl (C=O) groups is 2. The van der Waals surface area contributed by atoms with E-state index in [4.69, 9.17) is 0 Å². The van der Waals surface area contributed by atoms with Crippen LogP contribution < -0.4 is 5.11 Å². The average Bonchev–Trinajstić information content (AvgIpc) is 1.85. The minimum atomic E-state index is -1.41. The Labute approximate surface area is 80.4 Å². The van der Waals surface area contributed by atoms with Gasteiger partial charge in [0.05, 0.1) is 12.6 Å². The molecule has 0 bridgehead atoms. The van der Waals surface area contributed by atoms with Gasteiger partial charge in [0.1, 0.15) is 0 Å². The first-order chi connectivity index (χ1) is 4.66. The molecule has 0 rings (SSSR count). The summed E-state index contributed by atoms with van der Waals surface area (Å²) in [5, 5.41) is 9.70. The normalized spacial score (nSPS) is 8.82. The van der Waals surface area contributed by atoms with Crippen LogP contribution in [0.2, 0.25) is 0 Å². The van der Waals surface area contributed by atoms with Crippen molar-refractivity contribution in [3.8, 4) is 0 Å². The minimum Gasteiger partial charge on any atom is -0.545 e. The topological polar surface area (TPSA) is 66.4 Å². The monoisotopic (exact) mass is 167 g/mol. The van der Waals surface area contributed by atoms with E-state index in [1.54, 1.807) is 6.92 Å². The zero-order valence-electron chi connectivity index (χ0n) is 6.20. The van der Waals surface area contributed by atoms with Crippen LogP contribution in [0, 0.1) is 0 Å². The molecule has 0 aromatic carbocycles. The van der Waals surface area contributed by atoms with Gasteiger partial charge in [0.25, 0.3) is 0 Å². The molecule has 0 atom stereocenters. The second-order valence-electron chi connectivity index (χ2n) is 1.40. The van der Waals surface area contributed by atoms with Gasteiger partial charge in [-0.05, 0) is 13.0 Å². The molecule has 4 nitrogen and oxygen atoms in total. The summed E-state index contributed by atoms with van der Waals surface area (Å²) in [7, 11) is 0. The number of hydrogen-bond acceptors (Lipinski definition) is 4.